The fourth-order valence-corrected chi connectivity index (χ4v) is 5.35. The molecule has 0 bridgehead atoms. The van der Waals surface area contributed by atoms with Gasteiger partial charge in [-0.25, -0.2) is 4.79 Å². The zero-order valence-electron chi connectivity index (χ0n) is 22.0. The fraction of sp³-hybridized carbons (Fsp3) is 0.483. The summed E-state index contributed by atoms with van der Waals surface area (Å²) in [6.07, 6.45) is 5.47. The molecule has 3 rings (SSSR count). The molecule has 0 spiro atoms. The summed E-state index contributed by atoms with van der Waals surface area (Å²) >= 11 is 0. The molecule has 1 unspecified atom stereocenters. The quantitative estimate of drug-likeness (QED) is 0.228. The molecule has 0 radical (unpaired) electrons. The molecule has 0 heterocycles. The number of esters is 1. The van der Waals surface area contributed by atoms with Crippen molar-refractivity contribution in [2.75, 3.05) is 20.3 Å². The molecular weight excluding hydrogens is 438 g/mol. The second kappa shape index (κ2) is 11.0. The van der Waals surface area contributed by atoms with Crippen molar-refractivity contribution in [1.29, 1.82) is 0 Å². The molecule has 2 aromatic rings. The van der Waals surface area contributed by atoms with Crippen LogP contribution in [-0.4, -0.2) is 39.4 Å². The Balaban J connectivity index is 1.81. The van der Waals surface area contributed by atoms with Crippen molar-refractivity contribution in [1.82, 2.24) is 4.90 Å². The first-order valence-corrected chi connectivity index (χ1v) is 15.2. The first kappa shape index (κ1) is 26.4. The summed E-state index contributed by atoms with van der Waals surface area (Å²) in [5, 5.41) is 0.210. The summed E-state index contributed by atoms with van der Waals surface area (Å²) in [6.45, 7) is 16.3. The van der Waals surface area contributed by atoms with Crippen LogP contribution in [0.5, 0.6) is 0 Å². The minimum absolute atomic E-state index is 0.210. The summed E-state index contributed by atoms with van der Waals surface area (Å²) in [5.41, 5.74) is 6.52. The Hall–Kier alpha value is -2.21. The van der Waals surface area contributed by atoms with Crippen LogP contribution < -0.4 is 0 Å². The zero-order valence-corrected chi connectivity index (χ0v) is 23.0. The highest BCUT2D eigenvalue weighted by molar-refractivity contribution is 6.74. The minimum atomic E-state index is -1.79. The molecule has 0 fully saturated rings. The summed E-state index contributed by atoms with van der Waals surface area (Å²) in [7, 11) is -0.387. The summed E-state index contributed by atoms with van der Waals surface area (Å²) in [5.74, 6) is -0.329. The Morgan fingerprint density at radius 3 is 2.59 bits per heavy atom. The SMILES string of the molecule is COC(=O)/C=C/c1ccc2c(c1)CCC2N(CCO[Si](C)(C)C(C)(C)C)Cc1ccccc1C. The molecule has 0 N–H and O–H groups in total. The van der Waals surface area contributed by atoms with Gasteiger partial charge in [-0.3, -0.25) is 4.90 Å². The van der Waals surface area contributed by atoms with Crippen LogP contribution in [0, 0.1) is 6.92 Å². The fourth-order valence-electron chi connectivity index (χ4n) is 4.32. The molecule has 0 amide bonds. The van der Waals surface area contributed by atoms with Crippen molar-refractivity contribution in [2.45, 2.75) is 71.3 Å². The number of carbonyl (C=O) groups is 1. The van der Waals surface area contributed by atoms with E-state index in [0.29, 0.717) is 6.04 Å². The lowest BCUT2D eigenvalue weighted by molar-refractivity contribution is -0.134. The summed E-state index contributed by atoms with van der Waals surface area (Å²) in [4.78, 5) is 14.1. The summed E-state index contributed by atoms with van der Waals surface area (Å²) in [6, 6.07) is 15.6. The van der Waals surface area contributed by atoms with Gasteiger partial charge in [-0.05, 0) is 71.8 Å². The molecule has 184 valence electrons. The van der Waals surface area contributed by atoms with Crippen LogP contribution in [-0.2, 0) is 26.9 Å². The lowest BCUT2D eigenvalue weighted by Crippen LogP contribution is -2.43. The molecule has 0 aromatic heterocycles. The van der Waals surface area contributed by atoms with Gasteiger partial charge in [0, 0.05) is 31.8 Å². The number of hydrogen-bond donors (Lipinski definition) is 0. The van der Waals surface area contributed by atoms with Crippen LogP contribution in [0.4, 0.5) is 0 Å². The monoisotopic (exact) mass is 479 g/mol. The van der Waals surface area contributed by atoms with Crippen LogP contribution in [0.15, 0.2) is 48.5 Å². The molecule has 1 aliphatic rings. The van der Waals surface area contributed by atoms with E-state index in [4.69, 9.17) is 9.16 Å². The van der Waals surface area contributed by atoms with Gasteiger partial charge in [0.2, 0.25) is 0 Å². The van der Waals surface area contributed by atoms with Crippen LogP contribution in [0.2, 0.25) is 18.1 Å². The van der Waals surface area contributed by atoms with Crippen molar-refractivity contribution in [3.8, 4) is 0 Å². The van der Waals surface area contributed by atoms with E-state index in [0.717, 1.165) is 38.1 Å². The van der Waals surface area contributed by atoms with Gasteiger partial charge in [0.15, 0.2) is 8.32 Å². The van der Waals surface area contributed by atoms with Gasteiger partial charge in [0.25, 0.3) is 0 Å². The van der Waals surface area contributed by atoms with E-state index in [2.05, 4.69) is 88.2 Å². The predicted octanol–water partition coefficient (Wildman–Crippen LogP) is 6.69. The third kappa shape index (κ3) is 6.47. The Morgan fingerprint density at radius 1 is 1.18 bits per heavy atom. The van der Waals surface area contributed by atoms with Crippen molar-refractivity contribution >= 4 is 20.4 Å². The third-order valence-electron chi connectivity index (χ3n) is 7.55. The second-order valence-electron chi connectivity index (χ2n) is 10.9. The van der Waals surface area contributed by atoms with E-state index in [9.17, 15) is 4.79 Å². The van der Waals surface area contributed by atoms with Crippen LogP contribution >= 0.6 is 0 Å². The highest BCUT2D eigenvalue weighted by Gasteiger charge is 2.37. The molecule has 5 heteroatoms. The zero-order chi connectivity index (χ0) is 24.9. The van der Waals surface area contributed by atoms with Crippen molar-refractivity contribution < 1.29 is 14.0 Å². The van der Waals surface area contributed by atoms with E-state index < -0.39 is 8.32 Å². The largest absolute Gasteiger partial charge is 0.466 e. The van der Waals surface area contributed by atoms with Crippen molar-refractivity contribution in [2.24, 2.45) is 0 Å². The van der Waals surface area contributed by atoms with Gasteiger partial charge in [-0.1, -0.05) is 63.2 Å². The predicted molar refractivity (Wildman–Crippen MR) is 143 cm³/mol. The van der Waals surface area contributed by atoms with Crippen LogP contribution in [0.25, 0.3) is 6.08 Å². The van der Waals surface area contributed by atoms with Gasteiger partial charge in [0.05, 0.1) is 7.11 Å². The van der Waals surface area contributed by atoms with Gasteiger partial charge in [-0.15, -0.1) is 0 Å². The average molecular weight is 480 g/mol. The Bertz CT molecular complexity index is 1020. The first-order chi connectivity index (χ1) is 16.0. The maximum Gasteiger partial charge on any atom is 0.330 e. The number of ether oxygens (including phenoxy) is 1. The number of aryl methyl sites for hydroxylation is 2. The molecule has 2 aromatic carbocycles. The van der Waals surface area contributed by atoms with Gasteiger partial charge in [0.1, 0.15) is 0 Å². The number of methoxy groups -OCH3 is 1. The van der Waals surface area contributed by atoms with Crippen molar-refractivity contribution in [3.63, 3.8) is 0 Å². The number of fused-ring (bicyclic) bond motifs is 1. The Labute approximate surface area is 207 Å². The number of benzene rings is 2. The van der Waals surface area contributed by atoms with E-state index >= 15 is 0 Å². The maximum absolute atomic E-state index is 11.5. The lowest BCUT2D eigenvalue weighted by atomic mass is 10.0. The first-order valence-electron chi connectivity index (χ1n) is 12.3. The standard InChI is InChI=1S/C29H41NO3Si/c1-22-10-8-9-11-25(22)21-30(18-19-33-34(6,7)29(2,3)4)27-16-14-24-20-23(12-15-26(24)27)13-17-28(31)32-5/h8-13,15,17,20,27H,14,16,18-19,21H2,1-7H3/b17-13+. The van der Waals surface area contributed by atoms with E-state index in [1.54, 1.807) is 0 Å². The normalized spacial score (nSPS) is 16.3. The van der Waals surface area contributed by atoms with E-state index in [-0.39, 0.29) is 11.0 Å². The van der Waals surface area contributed by atoms with Crippen molar-refractivity contribution in [3.05, 3.63) is 76.4 Å². The molecule has 0 saturated heterocycles. The Morgan fingerprint density at radius 2 is 1.91 bits per heavy atom. The third-order valence-corrected chi connectivity index (χ3v) is 12.1. The van der Waals surface area contributed by atoms with E-state index in [1.807, 2.05) is 6.08 Å². The van der Waals surface area contributed by atoms with Gasteiger partial charge < -0.3 is 9.16 Å². The number of nitrogens with zero attached hydrogens (tertiary/aromatic N) is 1. The minimum Gasteiger partial charge on any atom is -0.466 e. The highest BCUT2D eigenvalue weighted by atomic mass is 28.4. The van der Waals surface area contributed by atoms with Crippen LogP contribution in [0.1, 0.15) is 61.1 Å². The number of carbonyl (C=O) groups excluding carboxylic acids is 1. The topological polar surface area (TPSA) is 38.8 Å². The molecule has 1 atom stereocenters. The molecule has 0 aliphatic heterocycles. The van der Waals surface area contributed by atoms with Gasteiger partial charge >= 0.3 is 5.97 Å². The molecule has 34 heavy (non-hydrogen) atoms. The highest BCUT2D eigenvalue weighted by Crippen LogP contribution is 2.39. The smallest absolute Gasteiger partial charge is 0.330 e. The average Bonchev–Trinajstić information content (AvgIpc) is 3.20. The Kier molecular flexibility index (Phi) is 8.55. The number of hydrogen-bond acceptors (Lipinski definition) is 4. The molecule has 4 nitrogen and oxygen atoms in total. The van der Waals surface area contributed by atoms with Gasteiger partial charge in [-0.2, -0.15) is 0 Å². The molecular formula is C29H41NO3Si. The number of rotatable bonds is 9. The molecule has 0 saturated carbocycles. The summed E-state index contributed by atoms with van der Waals surface area (Å²) < 4.78 is 11.3. The van der Waals surface area contributed by atoms with Crippen LogP contribution in [0.3, 0.4) is 0 Å². The second-order valence-corrected chi connectivity index (χ2v) is 15.7. The lowest BCUT2D eigenvalue weighted by Gasteiger charge is -2.37. The van der Waals surface area contributed by atoms with E-state index in [1.165, 1.54) is 35.4 Å². The molecule has 1 aliphatic carbocycles. The maximum atomic E-state index is 11.5.